The van der Waals surface area contributed by atoms with Gasteiger partial charge in [0.25, 0.3) is 0 Å². The molecule has 0 bridgehead atoms. The van der Waals surface area contributed by atoms with E-state index < -0.39 is 0 Å². The molecule has 6 heteroatoms. The fourth-order valence-corrected chi connectivity index (χ4v) is 4.84. The van der Waals surface area contributed by atoms with Crippen molar-refractivity contribution in [3.8, 4) is 11.8 Å². The molecule has 0 unspecified atom stereocenters. The number of nitriles is 1. The van der Waals surface area contributed by atoms with Gasteiger partial charge >= 0.3 is 0 Å². The van der Waals surface area contributed by atoms with Crippen LogP contribution >= 0.6 is 11.6 Å². The van der Waals surface area contributed by atoms with E-state index in [1.165, 1.54) is 12.1 Å². The minimum atomic E-state index is -0.369. The molecule has 2 aromatic heterocycles. The van der Waals surface area contributed by atoms with Crippen molar-refractivity contribution in [2.24, 2.45) is 0 Å². The van der Waals surface area contributed by atoms with Gasteiger partial charge in [0.1, 0.15) is 18.2 Å². The summed E-state index contributed by atoms with van der Waals surface area (Å²) in [5.41, 5.74) is 7.91. The summed E-state index contributed by atoms with van der Waals surface area (Å²) in [6.07, 6.45) is 2.66. The van der Waals surface area contributed by atoms with E-state index in [1.54, 1.807) is 13.0 Å². The molecule has 0 spiro atoms. The number of pyridine rings is 1. The molecule has 34 heavy (non-hydrogen) atoms. The van der Waals surface area contributed by atoms with Crippen molar-refractivity contribution < 1.29 is 9.13 Å². The Kier molecular flexibility index (Phi) is 5.63. The van der Waals surface area contributed by atoms with E-state index in [9.17, 15) is 9.65 Å². The van der Waals surface area contributed by atoms with Gasteiger partial charge in [0.2, 0.25) is 0 Å². The number of aromatic nitrogens is 2. The quantitative estimate of drug-likeness (QED) is 0.300. The van der Waals surface area contributed by atoms with Crippen LogP contribution in [0.15, 0.2) is 60.3 Å². The van der Waals surface area contributed by atoms with Crippen molar-refractivity contribution in [1.82, 2.24) is 9.38 Å². The van der Waals surface area contributed by atoms with Crippen LogP contribution in [-0.2, 0) is 13.0 Å². The number of halogens is 2. The van der Waals surface area contributed by atoms with Crippen molar-refractivity contribution in [2.75, 3.05) is 0 Å². The van der Waals surface area contributed by atoms with Crippen LogP contribution < -0.4 is 4.74 Å². The molecule has 1 aliphatic heterocycles. The van der Waals surface area contributed by atoms with Gasteiger partial charge in [0.15, 0.2) is 5.65 Å². The van der Waals surface area contributed by atoms with Gasteiger partial charge in [0.05, 0.1) is 22.5 Å². The third-order valence-electron chi connectivity index (χ3n) is 6.23. The highest BCUT2D eigenvalue weighted by atomic mass is 35.5. The largest absolute Gasteiger partial charge is 0.488 e. The zero-order chi connectivity index (χ0) is 24.0. The summed E-state index contributed by atoms with van der Waals surface area (Å²) in [7, 11) is 0. The zero-order valence-corrected chi connectivity index (χ0v) is 19.9. The molecule has 0 amide bonds. The van der Waals surface area contributed by atoms with Crippen LogP contribution in [0.5, 0.6) is 5.75 Å². The minimum Gasteiger partial charge on any atom is -0.488 e. The lowest BCUT2D eigenvalue weighted by Crippen LogP contribution is -2.03. The molecule has 0 aliphatic carbocycles. The molecule has 3 heterocycles. The van der Waals surface area contributed by atoms with Gasteiger partial charge in [-0.15, -0.1) is 0 Å². The average molecular weight is 472 g/mol. The SMILES string of the molecule is C/C(C#N)=C1\c2ccc(Cc3c(C(C)C)nc4c(Cl)cccn34)cc2COc2cc(F)ccc21. The zero-order valence-electron chi connectivity index (χ0n) is 19.2. The summed E-state index contributed by atoms with van der Waals surface area (Å²) in [5, 5.41) is 10.3. The van der Waals surface area contributed by atoms with E-state index in [4.69, 9.17) is 21.3 Å². The van der Waals surface area contributed by atoms with Crippen molar-refractivity contribution in [3.05, 3.63) is 105 Å². The summed E-state index contributed by atoms with van der Waals surface area (Å²) in [5.74, 6) is 0.319. The predicted octanol–water partition coefficient (Wildman–Crippen LogP) is 7.08. The first-order chi connectivity index (χ1) is 16.4. The first kappa shape index (κ1) is 22.2. The van der Waals surface area contributed by atoms with E-state index in [-0.39, 0.29) is 18.3 Å². The molecule has 2 aromatic carbocycles. The smallest absolute Gasteiger partial charge is 0.156 e. The summed E-state index contributed by atoms with van der Waals surface area (Å²) in [6.45, 7) is 6.32. The number of allylic oxidation sites excluding steroid dienone is 1. The summed E-state index contributed by atoms with van der Waals surface area (Å²) >= 11 is 6.42. The highest BCUT2D eigenvalue weighted by Gasteiger charge is 2.23. The third-order valence-corrected chi connectivity index (χ3v) is 6.52. The Hall–Kier alpha value is -3.62. The van der Waals surface area contributed by atoms with Crippen molar-refractivity contribution in [3.63, 3.8) is 0 Å². The Morgan fingerprint density at radius 2 is 2.00 bits per heavy atom. The molecule has 0 radical (unpaired) electrons. The first-order valence-electron chi connectivity index (χ1n) is 11.2. The third kappa shape index (κ3) is 3.74. The monoisotopic (exact) mass is 471 g/mol. The minimum absolute atomic E-state index is 0.243. The van der Waals surface area contributed by atoms with Gasteiger partial charge in [-0.1, -0.05) is 43.6 Å². The van der Waals surface area contributed by atoms with Crippen LogP contribution in [0.2, 0.25) is 5.02 Å². The van der Waals surface area contributed by atoms with Crippen LogP contribution in [0.1, 0.15) is 60.3 Å². The highest BCUT2D eigenvalue weighted by Crippen LogP contribution is 2.39. The second-order valence-electron chi connectivity index (χ2n) is 8.86. The van der Waals surface area contributed by atoms with Gasteiger partial charge in [0, 0.05) is 35.4 Å². The van der Waals surface area contributed by atoms with E-state index in [0.29, 0.717) is 22.8 Å². The van der Waals surface area contributed by atoms with Crippen LogP contribution in [0.4, 0.5) is 4.39 Å². The van der Waals surface area contributed by atoms with Crippen LogP contribution in [0.25, 0.3) is 11.2 Å². The molecule has 0 atom stereocenters. The molecule has 5 rings (SSSR count). The topological polar surface area (TPSA) is 50.3 Å². The van der Waals surface area contributed by atoms with Gasteiger partial charge in [-0.2, -0.15) is 5.26 Å². The number of nitrogens with zero attached hydrogens (tertiary/aromatic N) is 3. The van der Waals surface area contributed by atoms with Crippen LogP contribution in [0.3, 0.4) is 0 Å². The second-order valence-corrected chi connectivity index (χ2v) is 9.26. The molecular formula is C28H23ClFN3O. The van der Waals surface area contributed by atoms with E-state index in [1.807, 2.05) is 24.4 Å². The molecule has 0 saturated carbocycles. The van der Waals surface area contributed by atoms with Gasteiger partial charge < -0.3 is 9.14 Å². The van der Waals surface area contributed by atoms with Gasteiger partial charge in [-0.3, -0.25) is 0 Å². The van der Waals surface area contributed by atoms with Crippen molar-refractivity contribution in [2.45, 2.75) is 39.7 Å². The van der Waals surface area contributed by atoms with Crippen LogP contribution in [0, 0.1) is 17.1 Å². The Morgan fingerprint density at radius 3 is 2.76 bits per heavy atom. The molecule has 4 aromatic rings. The number of hydrogen-bond donors (Lipinski definition) is 0. The lowest BCUT2D eigenvalue weighted by molar-refractivity contribution is 0.305. The van der Waals surface area contributed by atoms with E-state index >= 15 is 0 Å². The number of hydrogen-bond acceptors (Lipinski definition) is 3. The van der Waals surface area contributed by atoms with Gasteiger partial charge in [-0.25, -0.2) is 9.37 Å². The Balaban J connectivity index is 1.62. The number of benzene rings is 2. The first-order valence-corrected chi connectivity index (χ1v) is 11.6. The Bertz CT molecular complexity index is 1510. The maximum absolute atomic E-state index is 13.9. The van der Waals surface area contributed by atoms with Crippen molar-refractivity contribution >= 4 is 22.8 Å². The summed E-state index contributed by atoms with van der Waals surface area (Å²) in [4.78, 5) is 4.82. The van der Waals surface area contributed by atoms with Crippen molar-refractivity contribution in [1.29, 1.82) is 5.26 Å². The predicted molar refractivity (Wildman–Crippen MR) is 132 cm³/mol. The lowest BCUT2D eigenvalue weighted by atomic mass is 9.89. The standard InChI is InChI=1S/C28H23ClFN3O/c1-16(2)27-24(33-10-4-5-23(29)28(33)32-27)12-18-6-8-21-19(11-18)15-34-25-13-20(30)7-9-22(25)26(21)17(3)14-31/h4-11,13,16H,12,15H2,1-3H3/b26-17-. The second kappa shape index (κ2) is 8.62. The molecule has 0 fully saturated rings. The molecular weight excluding hydrogens is 449 g/mol. The molecule has 170 valence electrons. The number of fused-ring (bicyclic) bond motifs is 3. The Labute approximate surface area is 202 Å². The number of ether oxygens (including phenoxy) is 1. The fourth-order valence-electron chi connectivity index (χ4n) is 4.64. The highest BCUT2D eigenvalue weighted by molar-refractivity contribution is 6.33. The molecule has 4 nitrogen and oxygen atoms in total. The maximum atomic E-state index is 13.9. The summed E-state index contributed by atoms with van der Waals surface area (Å²) < 4.78 is 22.0. The van der Waals surface area contributed by atoms with Gasteiger partial charge in [-0.05, 0) is 53.8 Å². The fraction of sp³-hybridized carbons (Fsp3) is 0.214. The summed E-state index contributed by atoms with van der Waals surface area (Å²) in [6, 6.07) is 16.7. The number of imidazole rings is 1. The number of rotatable bonds is 3. The molecule has 0 saturated heterocycles. The van der Waals surface area contributed by atoms with E-state index in [2.05, 4.69) is 36.5 Å². The average Bonchev–Trinajstić information content (AvgIpc) is 3.11. The Morgan fingerprint density at radius 1 is 1.21 bits per heavy atom. The van der Waals surface area contributed by atoms with E-state index in [0.717, 1.165) is 44.9 Å². The normalized spacial score (nSPS) is 14.3. The molecule has 1 aliphatic rings. The van der Waals surface area contributed by atoms with Crippen LogP contribution in [-0.4, -0.2) is 9.38 Å². The lowest BCUT2D eigenvalue weighted by Gasteiger charge is -2.13. The molecule has 0 N–H and O–H groups in total. The maximum Gasteiger partial charge on any atom is 0.156 e.